The van der Waals surface area contributed by atoms with Gasteiger partial charge in [0.25, 0.3) is 0 Å². The average Bonchev–Trinajstić information content (AvgIpc) is 3.33. The molecule has 1 atom stereocenters. The van der Waals surface area contributed by atoms with Crippen molar-refractivity contribution in [1.82, 2.24) is 0 Å². The lowest BCUT2D eigenvalue weighted by atomic mass is 10.0. The van der Waals surface area contributed by atoms with Gasteiger partial charge in [0.05, 0.1) is 0 Å². The van der Waals surface area contributed by atoms with Crippen molar-refractivity contribution in [3.63, 3.8) is 0 Å². The zero-order valence-electron chi connectivity index (χ0n) is 44.2. The van der Waals surface area contributed by atoms with Gasteiger partial charge in [0, 0.05) is 19.3 Å². The Bertz CT molecular complexity index is 1260. The molecule has 0 saturated heterocycles. The smallest absolute Gasteiger partial charge is 0.306 e. The summed E-state index contributed by atoms with van der Waals surface area (Å²) in [6.45, 7) is 6.49. The first-order valence-electron chi connectivity index (χ1n) is 28.4. The van der Waals surface area contributed by atoms with Gasteiger partial charge in [0.1, 0.15) is 13.2 Å². The topological polar surface area (TPSA) is 78.9 Å². The van der Waals surface area contributed by atoms with E-state index in [9.17, 15) is 14.4 Å². The number of hydrogen-bond acceptors (Lipinski definition) is 6. The van der Waals surface area contributed by atoms with Gasteiger partial charge in [0.15, 0.2) is 6.10 Å². The molecule has 386 valence electrons. The van der Waals surface area contributed by atoms with Crippen LogP contribution in [0.2, 0.25) is 0 Å². The van der Waals surface area contributed by atoms with Crippen molar-refractivity contribution in [2.45, 2.75) is 284 Å². The molecule has 6 heteroatoms. The van der Waals surface area contributed by atoms with Gasteiger partial charge in [-0.3, -0.25) is 14.4 Å². The van der Waals surface area contributed by atoms with Crippen LogP contribution in [0, 0.1) is 0 Å². The zero-order chi connectivity index (χ0) is 48.6. The predicted octanol–water partition coefficient (Wildman–Crippen LogP) is 19.0. The molecule has 0 fully saturated rings. The molecule has 1 unspecified atom stereocenters. The Morgan fingerprint density at radius 3 is 0.970 bits per heavy atom. The van der Waals surface area contributed by atoms with Crippen LogP contribution in [0.15, 0.2) is 72.9 Å². The minimum atomic E-state index is -0.778. The maximum atomic E-state index is 12.8. The summed E-state index contributed by atoms with van der Waals surface area (Å²) in [6.07, 6.45) is 70.4. The molecule has 0 aliphatic heterocycles. The summed E-state index contributed by atoms with van der Waals surface area (Å²) in [5.41, 5.74) is 0. The van der Waals surface area contributed by atoms with E-state index in [2.05, 4.69) is 93.7 Å². The molecule has 0 saturated carbocycles. The number of allylic oxidation sites excluding steroid dienone is 12. The first-order chi connectivity index (χ1) is 33.0. The van der Waals surface area contributed by atoms with Crippen LogP contribution in [0.25, 0.3) is 0 Å². The summed E-state index contributed by atoms with van der Waals surface area (Å²) in [5.74, 6) is -0.886. The molecule has 0 amide bonds. The van der Waals surface area contributed by atoms with Crippen LogP contribution in [0.1, 0.15) is 278 Å². The Balaban J connectivity index is 4.26. The Hall–Kier alpha value is -3.15. The first kappa shape index (κ1) is 63.8. The molecular weight excluding hydrogens is 829 g/mol. The van der Waals surface area contributed by atoms with Crippen molar-refractivity contribution in [2.24, 2.45) is 0 Å². The molecule has 0 aliphatic rings. The fraction of sp³-hybridized carbons (Fsp3) is 0.754. The second-order valence-electron chi connectivity index (χ2n) is 18.8. The second kappa shape index (κ2) is 55.4. The van der Waals surface area contributed by atoms with Gasteiger partial charge in [-0.1, -0.05) is 248 Å². The molecule has 6 nitrogen and oxygen atoms in total. The minimum Gasteiger partial charge on any atom is -0.462 e. The van der Waals surface area contributed by atoms with Crippen LogP contribution in [-0.2, 0) is 28.6 Å². The molecule has 0 aromatic rings. The van der Waals surface area contributed by atoms with E-state index < -0.39 is 6.10 Å². The van der Waals surface area contributed by atoms with Gasteiger partial charge in [0.2, 0.25) is 0 Å². The van der Waals surface area contributed by atoms with E-state index in [4.69, 9.17) is 14.2 Å². The lowest BCUT2D eigenvalue weighted by molar-refractivity contribution is -0.167. The van der Waals surface area contributed by atoms with Crippen LogP contribution in [-0.4, -0.2) is 37.2 Å². The number of carbonyl (C=O) groups excluding carboxylic acids is 3. The molecule has 0 radical (unpaired) electrons. The highest BCUT2D eigenvalue weighted by Gasteiger charge is 2.19. The van der Waals surface area contributed by atoms with Gasteiger partial charge in [-0.05, 0) is 83.5 Å². The fourth-order valence-corrected chi connectivity index (χ4v) is 7.92. The van der Waals surface area contributed by atoms with Crippen molar-refractivity contribution in [3.05, 3.63) is 72.9 Å². The Labute approximate surface area is 414 Å². The Morgan fingerprint density at radius 1 is 0.313 bits per heavy atom. The van der Waals surface area contributed by atoms with Crippen LogP contribution in [0.3, 0.4) is 0 Å². The number of esters is 3. The molecule has 0 spiro atoms. The van der Waals surface area contributed by atoms with Crippen molar-refractivity contribution >= 4 is 17.9 Å². The summed E-state index contributed by atoms with van der Waals surface area (Å²) in [5, 5.41) is 0. The highest BCUT2D eigenvalue weighted by atomic mass is 16.6. The maximum absolute atomic E-state index is 12.8. The molecule has 0 aromatic carbocycles. The standard InChI is InChI=1S/C61H106O6/c1-4-7-10-13-16-19-22-24-25-26-27-28-29-30-31-32-33-34-35-37-39-42-45-48-51-54-60(63)66-57-58(56-65-59(62)53-50-47-44-41-38-21-18-15-12-9-6-3)67-61(64)55-52-49-46-43-40-36-23-20-17-14-11-8-5-2/h7,10,15-16,18-19,24-25,27-28,30-31,58H,4-6,8-9,11-14,17,20-23,26,29,32-57H2,1-3H3/b10-7-,18-15-,19-16-,25-24-,28-27-,31-30-. The molecular formula is C61H106O6. The number of hydrogen-bond donors (Lipinski definition) is 0. The van der Waals surface area contributed by atoms with E-state index in [1.54, 1.807) is 0 Å². The Kier molecular flexibility index (Phi) is 52.8. The van der Waals surface area contributed by atoms with Gasteiger partial charge in [-0.25, -0.2) is 0 Å². The third kappa shape index (κ3) is 53.7. The molecule has 0 aliphatic carbocycles. The number of ether oxygens (including phenoxy) is 3. The van der Waals surface area contributed by atoms with E-state index >= 15 is 0 Å². The fourth-order valence-electron chi connectivity index (χ4n) is 7.92. The average molecular weight is 936 g/mol. The first-order valence-corrected chi connectivity index (χ1v) is 28.4. The maximum Gasteiger partial charge on any atom is 0.306 e. The molecule has 0 aromatic heterocycles. The lowest BCUT2D eigenvalue weighted by Crippen LogP contribution is -2.30. The number of carbonyl (C=O) groups is 3. The highest BCUT2D eigenvalue weighted by Crippen LogP contribution is 2.16. The monoisotopic (exact) mass is 935 g/mol. The zero-order valence-corrected chi connectivity index (χ0v) is 44.2. The van der Waals surface area contributed by atoms with E-state index in [0.717, 1.165) is 103 Å². The Morgan fingerprint density at radius 2 is 0.597 bits per heavy atom. The van der Waals surface area contributed by atoms with E-state index in [1.165, 1.54) is 135 Å². The summed E-state index contributed by atoms with van der Waals surface area (Å²) in [7, 11) is 0. The summed E-state index contributed by atoms with van der Waals surface area (Å²) < 4.78 is 16.8. The second-order valence-corrected chi connectivity index (χ2v) is 18.8. The third-order valence-electron chi connectivity index (χ3n) is 12.2. The van der Waals surface area contributed by atoms with Gasteiger partial charge in [-0.2, -0.15) is 0 Å². The van der Waals surface area contributed by atoms with Crippen molar-refractivity contribution < 1.29 is 28.6 Å². The normalized spacial score (nSPS) is 12.6. The van der Waals surface area contributed by atoms with Crippen LogP contribution >= 0.6 is 0 Å². The van der Waals surface area contributed by atoms with Crippen LogP contribution in [0.4, 0.5) is 0 Å². The lowest BCUT2D eigenvalue weighted by Gasteiger charge is -2.18. The minimum absolute atomic E-state index is 0.0789. The van der Waals surface area contributed by atoms with E-state index in [1.807, 2.05) is 0 Å². The van der Waals surface area contributed by atoms with Gasteiger partial charge < -0.3 is 14.2 Å². The summed E-state index contributed by atoms with van der Waals surface area (Å²) >= 11 is 0. The molecule has 0 rings (SSSR count). The SMILES string of the molecule is CC/C=C\C/C=C\C/C=C\C/C=C\C/C=C\CCCCCCCCCCCC(=O)OCC(COC(=O)CCCCCCC/C=C\CCCC)OC(=O)CCCCCCCCCCCCCCC. The molecule has 67 heavy (non-hydrogen) atoms. The molecule has 0 heterocycles. The number of unbranched alkanes of at least 4 members (excludes halogenated alkanes) is 28. The van der Waals surface area contributed by atoms with Crippen LogP contribution in [0.5, 0.6) is 0 Å². The molecule has 0 bridgehead atoms. The quantitative estimate of drug-likeness (QED) is 0.0262. The van der Waals surface area contributed by atoms with Crippen molar-refractivity contribution in [3.8, 4) is 0 Å². The third-order valence-corrected chi connectivity index (χ3v) is 12.2. The van der Waals surface area contributed by atoms with Crippen LogP contribution < -0.4 is 0 Å². The summed E-state index contributed by atoms with van der Waals surface area (Å²) in [6, 6.07) is 0. The highest BCUT2D eigenvalue weighted by molar-refractivity contribution is 5.71. The van der Waals surface area contributed by atoms with Crippen molar-refractivity contribution in [2.75, 3.05) is 13.2 Å². The molecule has 0 N–H and O–H groups in total. The van der Waals surface area contributed by atoms with E-state index in [-0.39, 0.29) is 31.1 Å². The largest absolute Gasteiger partial charge is 0.462 e. The van der Waals surface area contributed by atoms with E-state index in [0.29, 0.717) is 19.3 Å². The predicted molar refractivity (Wildman–Crippen MR) is 288 cm³/mol. The number of rotatable bonds is 51. The van der Waals surface area contributed by atoms with Crippen molar-refractivity contribution in [1.29, 1.82) is 0 Å². The van der Waals surface area contributed by atoms with Gasteiger partial charge >= 0.3 is 17.9 Å². The van der Waals surface area contributed by atoms with Gasteiger partial charge in [-0.15, -0.1) is 0 Å². The summed E-state index contributed by atoms with van der Waals surface area (Å²) in [4.78, 5) is 38.0.